The Labute approximate surface area is 134 Å². The maximum Gasteiger partial charge on any atom is 0.271 e. The van der Waals surface area contributed by atoms with Gasteiger partial charge in [-0.3, -0.25) is 14.9 Å². The Morgan fingerprint density at radius 1 is 1.08 bits per heavy atom. The van der Waals surface area contributed by atoms with Gasteiger partial charge >= 0.3 is 0 Å². The van der Waals surface area contributed by atoms with Crippen molar-refractivity contribution in [2.75, 3.05) is 0 Å². The molecular formula is C14H11N3O7. The van der Waals surface area contributed by atoms with E-state index < -0.39 is 28.1 Å². The highest BCUT2D eigenvalue weighted by Crippen LogP contribution is 2.35. The van der Waals surface area contributed by atoms with Gasteiger partial charge in [0.25, 0.3) is 11.6 Å². The van der Waals surface area contributed by atoms with E-state index in [9.17, 15) is 35.3 Å². The molecule has 10 nitrogen and oxygen atoms in total. The number of nitrogens with zero attached hydrogens (tertiary/aromatic N) is 2. The Kier molecular flexibility index (Phi) is 4.50. The largest absolute Gasteiger partial charge is 0.507 e. The molecule has 0 spiro atoms. The molecule has 0 saturated heterocycles. The number of hydrogen-bond donors (Lipinski definition) is 5. The van der Waals surface area contributed by atoms with Crippen molar-refractivity contribution in [2.24, 2.45) is 5.10 Å². The molecular weight excluding hydrogens is 322 g/mol. The van der Waals surface area contributed by atoms with Crippen molar-refractivity contribution in [1.82, 2.24) is 5.43 Å². The molecule has 5 N–H and O–H groups in total. The van der Waals surface area contributed by atoms with Gasteiger partial charge in [-0.1, -0.05) is 0 Å². The van der Waals surface area contributed by atoms with Crippen LogP contribution in [0.4, 0.5) is 5.69 Å². The third kappa shape index (κ3) is 3.50. The fourth-order valence-electron chi connectivity index (χ4n) is 1.72. The van der Waals surface area contributed by atoms with Gasteiger partial charge in [-0.05, 0) is 18.2 Å². The quantitative estimate of drug-likeness (QED) is 0.242. The number of aromatic hydroxyl groups is 4. The van der Waals surface area contributed by atoms with Crippen molar-refractivity contribution in [3.05, 3.63) is 51.6 Å². The number of carbonyl (C=O) groups excluding carboxylic acids is 1. The SMILES string of the molecule is O=C(NN=Cc1cc([N+](=O)[O-])ccc1O)c1cc(O)c(O)c(O)c1. The van der Waals surface area contributed by atoms with Crippen molar-refractivity contribution in [1.29, 1.82) is 0 Å². The van der Waals surface area contributed by atoms with Crippen LogP contribution in [0.2, 0.25) is 0 Å². The highest BCUT2D eigenvalue weighted by molar-refractivity contribution is 5.96. The maximum absolute atomic E-state index is 11.8. The van der Waals surface area contributed by atoms with Gasteiger partial charge < -0.3 is 20.4 Å². The number of hydrogen-bond acceptors (Lipinski definition) is 8. The minimum atomic E-state index is -0.832. The lowest BCUT2D eigenvalue weighted by molar-refractivity contribution is -0.384. The number of amides is 1. The zero-order valence-electron chi connectivity index (χ0n) is 11.9. The molecule has 0 aliphatic carbocycles. The lowest BCUT2D eigenvalue weighted by atomic mass is 10.2. The average Bonchev–Trinajstić information content (AvgIpc) is 2.53. The number of rotatable bonds is 4. The van der Waals surface area contributed by atoms with Crippen LogP contribution >= 0.6 is 0 Å². The van der Waals surface area contributed by atoms with Gasteiger partial charge in [0.15, 0.2) is 17.2 Å². The number of non-ortho nitro benzene ring substituents is 1. The van der Waals surface area contributed by atoms with Crippen molar-refractivity contribution < 1.29 is 30.1 Å². The average molecular weight is 333 g/mol. The molecule has 2 aromatic carbocycles. The minimum absolute atomic E-state index is 0.000834. The van der Waals surface area contributed by atoms with Crippen LogP contribution in [-0.2, 0) is 0 Å². The molecule has 10 heteroatoms. The summed E-state index contributed by atoms with van der Waals surface area (Å²) in [6.45, 7) is 0. The Morgan fingerprint density at radius 3 is 2.29 bits per heavy atom. The lowest BCUT2D eigenvalue weighted by Crippen LogP contribution is -2.17. The minimum Gasteiger partial charge on any atom is -0.507 e. The van der Waals surface area contributed by atoms with Crippen molar-refractivity contribution in [3.8, 4) is 23.0 Å². The van der Waals surface area contributed by atoms with Gasteiger partial charge in [0.05, 0.1) is 11.1 Å². The standard InChI is InChI=1S/C14H11N3O7/c18-10-2-1-9(17(23)24)3-8(10)6-15-16-14(22)7-4-11(19)13(21)12(20)5-7/h1-6,18-21H,(H,16,22). The van der Waals surface area contributed by atoms with E-state index in [1.165, 1.54) is 0 Å². The van der Waals surface area contributed by atoms with E-state index in [0.29, 0.717) is 0 Å². The molecule has 0 aromatic heterocycles. The zero-order chi connectivity index (χ0) is 17.9. The summed E-state index contributed by atoms with van der Waals surface area (Å²) < 4.78 is 0. The number of nitro groups is 1. The van der Waals surface area contributed by atoms with Crippen LogP contribution < -0.4 is 5.43 Å². The number of phenols is 4. The fourth-order valence-corrected chi connectivity index (χ4v) is 1.72. The molecule has 0 fully saturated rings. The fraction of sp³-hybridized carbons (Fsp3) is 0. The maximum atomic E-state index is 11.8. The molecule has 0 saturated carbocycles. The molecule has 2 rings (SSSR count). The summed E-state index contributed by atoms with van der Waals surface area (Å²) >= 11 is 0. The Morgan fingerprint density at radius 2 is 1.71 bits per heavy atom. The molecule has 0 bridgehead atoms. The van der Waals surface area contributed by atoms with Gasteiger partial charge in [-0.15, -0.1) is 0 Å². The highest BCUT2D eigenvalue weighted by atomic mass is 16.6. The molecule has 0 heterocycles. The second kappa shape index (κ2) is 6.52. The molecule has 0 radical (unpaired) electrons. The number of phenolic OH excluding ortho intramolecular Hbond substituents is 4. The van der Waals surface area contributed by atoms with E-state index in [4.69, 9.17) is 0 Å². The predicted molar refractivity (Wildman–Crippen MR) is 81.3 cm³/mol. The van der Waals surface area contributed by atoms with E-state index in [2.05, 4.69) is 5.10 Å². The molecule has 0 unspecified atom stereocenters. The van der Waals surface area contributed by atoms with Crippen LogP contribution in [0.5, 0.6) is 23.0 Å². The first-order valence-electron chi connectivity index (χ1n) is 6.35. The molecule has 0 atom stereocenters. The first kappa shape index (κ1) is 16.5. The molecule has 0 aliphatic heterocycles. The third-order valence-electron chi connectivity index (χ3n) is 2.92. The number of hydrazone groups is 1. The van der Waals surface area contributed by atoms with Crippen LogP contribution in [-0.4, -0.2) is 37.5 Å². The smallest absolute Gasteiger partial charge is 0.271 e. The molecule has 2 aromatic rings. The summed E-state index contributed by atoms with van der Waals surface area (Å²) in [5.41, 5.74) is 1.58. The first-order valence-corrected chi connectivity index (χ1v) is 6.35. The van der Waals surface area contributed by atoms with Crippen molar-refractivity contribution >= 4 is 17.8 Å². The topological polar surface area (TPSA) is 166 Å². The molecule has 1 amide bonds. The van der Waals surface area contributed by atoms with Crippen LogP contribution in [0.3, 0.4) is 0 Å². The van der Waals surface area contributed by atoms with Crippen LogP contribution in [0, 0.1) is 10.1 Å². The van der Waals surface area contributed by atoms with E-state index in [1.54, 1.807) is 0 Å². The van der Waals surface area contributed by atoms with E-state index in [0.717, 1.165) is 36.5 Å². The monoisotopic (exact) mass is 333 g/mol. The molecule has 24 heavy (non-hydrogen) atoms. The number of carbonyl (C=O) groups is 1. The summed E-state index contributed by atoms with van der Waals surface area (Å²) in [5.74, 6) is -3.27. The third-order valence-corrected chi connectivity index (χ3v) is 2.92. The Bertz CT molecular complexity index is 825. The Balaban J connectivity index is 2.16. The summed E-state index contributed by atoms with van der Waals surface area (Å²) in [6.07, 6.45) is 0.986. The van der Waals surface area contributed by atoms with Crippen molar-refractivity contribution in [3.63, 3.8) is 0 Å². The zero-order valence-corrected chi connectivity index (χ0v) is 11.9. The first-order chi connectivity index (χ1) is 11.3. The summed E-state index contributed by atoms with van der Waals surface area (Å²) in [4.78, 5) is 21.8. The number of benzene rings is 2. The summed E-state index contributed by atoms with van der Waals surface area (Å²) in [7, 11) is 0. The second-order valence-electron chi connectivity index (χ2n) is 4.56. The van der Waals surface area contributed by atoms with Gasteiger partial charge in [-0.2, -0.15) is 5.10 Å². The van der Waals surface area contributed by atoms with Crippen LogP contribution in [0.15, 0.2) is 35.4 Å². The lowest BCUT2D eigenvalue weighted by Gasteiger charge is -2.04. The van der Waals surface area contributed by atoms with Gasteiger partial charge in [0.2, 0.25) is 0 Å². The highest BCUT2D eigenvalue weighted by Gasteiger charge is 2.13. The van der Waals surface area contributed by atoms with Crippen LogP contribution in [0.1, 0.15) is 15.9 Å². The second-order valence-corrected chi connectivity index (χ2v) is 4.56. The van der Waals surface area contributed by atoms with Crippen molar-refractivity contribution in [2.45, 2.75) is 0 Å². The summed E-state index contributed by atoms with van der Waals surface area (Å²) in [5, 5.41) is 51.6. The normalized spacial score (nSPS) is 10.7. The van der Waals surface area contributed by atoms with E-state index in [1.807, 2.05) is 5.43 Å². The number of nitro benzene ring substituents is 1. The van der Waals surface area contributed by atoms with Gasteiger partial charge in [0.1, 0.15) is 5.75 Å². The van der Waals surface area contributed by atoms with E-state index >= 15 is 0 Å². The Hall–Kier alpha value is -3.82. The predicted octanol–water partition coefficient (Wildman–Crippen LogP) is 1.18. The molecule has 0 aliphatic rings. The van der Waals surface area contributed by atoms with Gasteiger partial charge in [0, 0.05) is 23.3 Å². The molecule has 124 valence electrons. The van der Waals surface area contributed by atoms with Gasteiger partial charge in [-0.25, -0.2) is 5.43 Å². The van der Waals surface area contributed by atoms with Crippen LogP contribution in [0.25, 0.3) is 0 Å². The summed E-state index contributed by atoms with van der Waals surface area (Å²) in [6, 6.07) is 5.09. The van der Waals surface area contributed by atoms with E-state index in [-0.39, 0.29) is 22.6 Å². The number of nitrogens with one attached hydrogen (secondary N) is 1.